The lowest BCUT2D eigenvalue weighted by atomic mass is 10.2. The molecule has 1 aromatic carbocycles. The first kappa shape index (κ1) is 15.5. The number of nitrogens with one attached hydrogen (secondary N) is 1. The molecule has 1 rings (SSSR count). The van der Waals surface area contributed by atoms with Gasteiger partial charge in [0.25, 0.3) is 0 Å². The van der Waals surface area contributed by atoms with Crippen LogP contribution in [0.25, 0.3) is 0 Å². The Kier molecular flexibility index (Phi) is 6.97. The Balaban J connectivity index is 2.69. The molecule has 0 fully saturated rings. The Morgan fingerprint density at radius 2 is 2.11 bits per heavy atom. The lowest BCUT2D eigenvalue weighted by Crippen LogP contribution is -2.27. The van der Waals surface area contributed by atoms with Gasteiger partial charge in [-0.2, -0.15) is 0 Å². The summed E-state index contributed by atoms with van der Waals surface area (Å²) < 4.78 is 5.39. The molecule has 0 radical (unpaired) electrons. The summed E-state index contributed by atoms with van der Waals surface area (Å²) in [5.74, 6) is 0.0366. The summed E-state index contributed by atoms with van der Waals surface area (Å²) in [5, 5.41) is 2.88. The standard InChI is InChI=1S/C15H24N2O2/c1-4-15(18)16-13-8-7-9-14(12-13)17(5-2)10-11-19-6-3/h7-9,12H,4-6,10-11H2,1-3H3,(H,16,18). The molecule has 0 saturated carbocycles. The molecule has 0 bridgehead atoms. The van der Waals surface area contributed by atoms with Gasteiger partial charge in [-0.3, -0.25) is 4.79 Å². The van der Waals surface area contributed by atoms with Gasteiger partial charge in [-0.05, 0) is 32.0 Å². The molecule has 0 saturated heterocycles. The van der Waals surface area contributed by atoms with E-state index in [1.54, 1.807) is 0 Å². The van der Waals surface area contributed by atoms with Crippen molar-refractivity contribution in [2.45, 2.75) is 27.2 Å². The largest absolute Gasteiger partial charge is 0.380 e. The number of anilines is 2. The first-order valence-electron chi connectivity index (χ1n) is 6.93. The normalized spacial score (nSPS) is 10.3. The number of likely N-dealkylation sites (N-methyl/N-ethyl adjacent to an activating group) is 1. The van der Waals surface area contributed by atoms with E-state index in [9.17, 15) is 4.79 Å². The van der Waals surface area contributed by atoms with Crippen LogP contribution in [-0.4, -0.2) is 32.2 Å². The highest BCUT2D eigenvalue weighted by Gasteiger charge is 2.06. The number of benzene rings is 1. The highest BCUT2D eigenvalue weighted by molar-refractivity contribution is 5.90. The van der Waals surface area contributed by atoms with E-state index < -0.39 is 0 Å². The van der Waals surface area contributed by atoms with Gasteiger partial charge in [-0.25, -0.2) is 0 Å². The van der Waals surface area contributed by atoms with Crippen molar-refractivity contribution in [2.24, 2.45) is 0 Å². The van der Waals surface area contributed by atoms with Gasteiger partial charge in [0.05, 0.1) is 6.61 Å². The first-order valence-corrected chi connectivity index (χ1v) is 6.93. The summed E-state index contributed by atoms with van der Waals surface area (Å²) in [6, 6.07) is 7.93. The number of hydrogen-bond donors (Lipinski definition) is 1. The Morgan fingerprint density at radius 3 is 2.74 bits per heavy atom. The molecule has 4 nitrogen and oxygen atoms in total. The Labute approximate surface area is 115 Å². The van der Waals surface area contributed by atoms with E-state index in [0.717, 1.165) is 37.7 Å². The molecule has 0 heterocycles. The lowest BCUT2D eigenvalue weighted by Gasteiger charge is -2.23. The van der Waals surface area contributed by atoms with Crippen molar-refractivity contribution in [2.75, 3.05) is 36.5 Å². The third kappa shape index (κ3) is 5.30. The smallest absolute Gasteiger partial charge is 0.224 e. The molecule has 0 spiro atoms. The number of rotatable bonds is 8. The monoisotopic (exact) mass is 264 g/mol. The molecule has 4 heteroatoms. The van der Waals surface area contributed by atoms with Crippen LogP contribution in [-0.2, 0) is 9.53 Å². The molecular formula is C15H24N2O2. The number of carbonyl (C=O) groups excluding carboxylic acids is 1. The topological polar surface area (TPSA) is 41.6 Å². The van der Waals surface area contributed by atoms with Crippen LogP contribution in [0.2, 0.25) is 0 Å². The van der Waals surface area contributed by atoms with Gasteiger partial charge in [-0.15, -0.1) is 0 Å². The number of nitrogens with zero attached hydrogens (tertiary/aromatic N) is 1. The fourth-order valence-corrected chi connectivity index (χ4v) is 1.82. The Hall–Kier alpha value is -1.55. The molecule has 1 amide bonds. The zero-order valence-electron chi connectivity index (χ0n) is 12.1. The molecule has 0 aliphatic heterocycles. The van der Waals surface area contributed by atoms with E-state index in [2.05, 4.69) is 23.2 Å². The SMILES string of the molecule is CCOCCN(CC)c1cccc(NC(=O)CC)c1. The minimum absolute atomic E-state index is 0.0366. The second-order valence-corrected chi connectivity index (χ2v) is 4.23. The van der Waals surface area contributed by atoms with Crippen LogP contribution >= 0.6 is 0 Å². The van der Waals surface area contributed by atoms with Crippen molar-refractivity contribution in [1.82, 2.24) is 0 Å². The fraction of sp³-hybridized carbons (Fsp3) is 0.533. The summed E-state index contributed by atoms with van der Waals surface area (Å²) in [5.41, 5.74) is 1.95. The van der Waals surface area contributed by atoms with Crippen LogP contribution in [0.5, 0.6) is 0 Å². The molecule has 1 N–H and O–H groups in total. The van der Waals surface area contributed by atoms with Crippen molar-refractivity contribution in [1.29, 1.82) is 0 Å². The zero-order chi connectivity index (χ0) is 14.1. The van der Waals surface area contributed by atoms with Crippen molar-refractivity contribution in [3.05, 3.63) is 24.3 Å². The van der Waals surface area contributed by atoms with E-state index in [4.69, 9.17) is 4.74 Å². The third-order valence-electron chi connectivity index (χ3n) is 2.91. The molecule has 0 aromatic heterocycles. The Bertz CT molecular complexity index is 393. The highest BCUT2D eigenvalue weighted by atomic mass is 16.5. The summed E-state index contributed by atoms with van der Waals surface area (Å²) in [4.78, 5) is 13.6. The van der Waals surface area contributed by atoms with Crippen LogP contribution in [0, 0.1) is 0 Å². The molecule has 106 valence electrons. The summed E-state index contributed by atoms with van der Waals surface area (Å²) in [7, 11) is 0. The molecule has 0 unspecified atom stereocenters. The van der Waals surface area contributed by atoms with Crippen LogP contribution in [0.4, 0.5) is 11.4 Å². The van der Waals surface area contributed by atoms with E-state index in [1.165, 1.54) is 0 Å². The summed E-state index contributed by atoms with van der Waals surface area (Å²) in [6.07, 6.45) is 0.492. The van der Waals surface area contributed by atoms with E-state index in [0.29, 0.717) is 6.42 Å². The van der Waals surface area contributed by atoms with E-state index in [-0.39, 0.29) is 5.91 Å². The maximum atomic E-state index is 11.4. The summed E-state index contributed by atoms with van der Waals surface area (Å²) in [6.45, 7) is 9.19. The van der Waals surface area contributed by atoms with E-state index >= 15 is 0 Å². The second kappa shape index (κ2) is 8.53. The highest BCUT2D eigenvalue weighted by Crippen LogP contribution is 2.19. The average Bonchev–Trinajstić information content (AvgIpc) is 2.44. The van der Waals surface area contributed by atoms with Gasteiger partial charge < -0.3 is 15.0 Å². The maximum Gasteiger partial charge on any atom is 0.224 e. The van der Waals surface area contributed by atoms with Crippen molar-refractivity contribution < 1.29 is 9.53 Å². The molecular weight excluding hydrogens is 240 g/mol. The van der Waals surface area contributed by atoms with Crippen molar-refractivity contribution in [3.63, 3.8) is 0 Å². The van der Waals surface area contributed by atoms with Crippen LogP contribution < -0.4 is 10.2 Å². The zero-order valence-corrected chi connectivity index (χ0v) is 12.1. The first-order chi connectivity index (χ1) is 9.21. The fourth-order valence-electron chi connectivity index (χ4n) is 1.82. The van der Waals surface area contributed by atoms with Crippen molar-refractivity contribution in [3.8, 4) is 0 Å². The van der Waals surface area contributed by atoms with Crippen LogP contribution in [0.15, 0.2) is 24.3 Å². The molecule has 0 aliphatic rings. The van der Waals surface area contributed by atoms with Crippen LogP contribution in [0.1, 0.15) is 27.2 Å². The second-order valence-electron chi connectivity index (χ2n) is 4.23. The summed E-state index contributed by atoms with van der Waals surface area (Å²) >= 11 is 0. The number of carbonyl (C=O) groups is 1. The van der Waals surface area contributed by atoms with Gasteiger partial charge in [0.2, 0.25) is 5.91 Å². The van der Waals surface area contributed by atoms with Gasteiger partial charge in [0, 0.05) is 37.5 Å². The third-order valence-corrected chi connectivity index (χ3v) is 2.91. The predicted octanol–water partition coefficient (Wildman–Crippen LogP) is 2.90. The van der Waals surface area contributed by atoms with Crippen molar-refractivity contribution >= 4 is 17.3 Å². The minimum Gasteiger partial charge on any atom is -0.380 e. The molecule has 0 aliphatic carbocycles. The van der Waals surface area contributed by atoms with Gasteiger partial charge >= 0.3 is 0 Å². The number of hydrogen-bond acceptors (Lipinski definition) is 3. The maximum absolute atomic E-state index is 11.4. The van der Waals surface area contributed by atoms with Gasteiger partial charge in [0.1, 0.15) is 0 Å². The number of ether oxygens (including phenoxy) is 1. The van der Waals surface area contributed by atoms with Gasteiger partial charge in [0.15, 0.2) is 0 Å². The van der Waals surface area contributed by atoms with E-state index in [1.807, 2.05) is 32.0 Å². The molecule has 19 heavy (non-hydrogen) atoms. The lowest BCUT2D eigenvalue weighted by molar-refractivity contribution is -0.115. The van der Waals surface area contributed by atoms with Crippen LogP contribution in [0.3, 0.4) is 0 Å². The molecule has 1 aromatic rings. The van der Waals surface area contributed by atoms with Gasteiger partial charge in [-0.1, -0.05) is 13.0 Å². The predicted molar refractivity (Wildman–Crippen MR) is 79.7 cm³/mol. The number of amides is 1. The molecule has 0 atom stereocenters. The Morgan fingerprint density at radius 1 is 1.32 bits per heavy atom. The minimum atomic E-state index is 0.0366. The quantitative estimate of drug-likeness (QED) is 0.734. The average molecular weight is 264 g/mol.